The molecule has 20 heavy (non-hydrogen) atoms. The molecule has 2 rings (SSSR count). The lowest BCUT2D eigenvalue weighted by atomic mass is 10.1. The molecule has 0 saturated carbocycles. The summed E-state index contributed by atoms with van der Waals surface area (Å²) in [5.74, 6) is 0.0698. The first-order valence-electron chi connectivity index (χ1n) is 6.48. The molecule has 6 nitrogen and oxygen atoms in total. The molecule has 0 spiro atoms. The molecule has 0 radical (unpaired) electrons. The highest BCUT2D eigenvalue weighted by Crippen LogP contribution is 2.20. The van der Waals surface area contributed by atoms with Crippen LogP contribution in [0.2, 0.25) is 0 Å². The van der Waals surface area contributed by atoms with Crippen LogP contribution in [-0.2, 0) is 4.79 Å². The molecule has 1 unspecified atom stereocenters. The molecule has 0 fully saturated rings. The number of rotatable bonds is 5. The molecule has 106 valence electrons. The lowest BCUT2D eigenvalue weighted by Crippen LogP contribution is -2.35. The van der Waals surface area contributed by atoms with Gasteiger partial charge in [-0.2, -0.15) is 5.10 Å². The van der Waals surface area contributed by atoms with Crippen molar-refractivity contribution in [1.82, 2.24) is 25.0 Å². The van der Waals surface area contributed by atoms with E-state index in [4.69, 9.17) is 0 Å². The van der Waals surface area contributed by atoms with E-state index < -0.39 is 0 Å². The third-order valence-corrected chi connectivity index (χ3v) is 3.36. The Labute approximate surface area is 118 Å². The van der Waals surface area contributed by atoms with E-state index in [9.17, 15) is 4.79 Å². The Bertz CT molecular complexity index is 549. The largest absolute Gasteiger partial charge is 0.338 e. The van der Waals surface area contributed by atoms with Crippen LogP contribution in [0.5, 0.6) is 0 Å². The quantitative estimate of drug-likeness (QED) is 0.883. The van der Waals surface area contributed by atoms with E-state index in [0.29, 0.717) is 6.54 Å². The highest BCUT2D eigenvalue weighted by atomic mass is 16.2. The standard InChI is InChI=1S/C14H19N5O/c1-11(18(3)14(20)8-15-2)12-4-6-13(7-5-12)19-10-16-9-17-19/h4-7,9-11,15H,8H2,1-3H3. The Morgan fingerprint density at radius 3 is 2.65 bits per heavy atom. The summed E-state index contributed by atoms with van der Waals surface area (Å²) in [5.41, 5.74) is 2.03. The number of amides is 1. The minimum Gasteiger partial charge on any atom is -0.338 e. The molecule has 1 aromatic carbocycles. The van der Waals surface area contributed by atoms with Gasteiger partial charge in [0.2, 0.25) is 5.91 Å². The number of likely N-dealkylation sites (N-methyl/N-ethyl adjacent to an activating group) is 2. The van der Waals surface area contributed by atoms with Crippen molar-refractivity contribution >= 4 is 5.91 Å². The van der Waals surface area contributed by atoms with Crippen LogP contribution in [0.3, 0.4) is 0 Å². The van der Waals surface area contributed by atoms with Gasteiger partial charge in [-0.05, 0) is 31.7 Å². The Morgan fingerprint density at radius 1 is 1.40 bits per heavy atom. The van der Waals surface area contributed by atoms with E-state index in [2.05, 4.69) is 15.4 Å². The lowest BCUT2D eigenvalue weighted by molar-refractivity contribution is -0.130. The van der Waals surface area contributed by atoms with Crippen molar-refractivity contribution < 1.29 is 4.79 Å². The third kappa shape index (κ3) is 3.03. The normalized spacial score (nSPS) is 12.2. The second-order valence-electron chi connectivity index (χ2n) is 4.64. The molecule has 2 aromatic rings. The SMILES string of the molecule is CNCC(=O)N(C)C(C)c1ccc(-n2cncn2)cc1. The van der Waals surface area contributed by atoms with Crippen LogP contribution in [0.4, 0.5) is 0 Å². The number of carbonyl (C=O) groups is 1. The van der Waals surface area contributed by atoms with Crippen molar-refractivity contribution in [2.45, 2.75) is 13.0 Å². The van der Waals surface area contributed by atoms with Gasteiger partial charge in [0, 0.05) is 7.05 Å². The molecule has 0 saturated heterocycles. The van der Waals surface area contributed by atoms with Crippen molar-refractivity contribution in [3.8, 4) is 5.69 Å². The Kier molecular flexibility index (Phi) is 4.47. The number of hydrogen-bond acceptors (Lipinski definition) is 4. The first-order chi connectivity index (χ1) is 9.63. The first kappa shape index (κ1) is 14.2. The van der Waals surface area contributed by atoms with Crippen LogP contribution in [0.15, 0.2) is 36.9 Å². The number of hydrogen-bond donors (Lipinski definition) is 1. The van der Waals surface area contributed by atoms with Gasteiger partial charge in [0.25, 0.3) is 0 Å². The lowest BCUT2D eigenvalue weighted by Gasteiger charge is -2.25. The van der Waals surface area contributed by atoms with Gasteiger partial charge < -0.3 is 10.2 Å². The number of aromatic nitrogens is 3. The minimum atomic E-state index is 0.0284. The average Bonchev–Trinajstić information content (AvgIpc) is 3.00. The van der Waals surface area contributed by atoms with Crippen LogP contribution in [0, 0.1) is 0 Å². The fourth-order valence-corrected chi connectivity index (χ4v) is 1.96. The molecule has 1 N–H and O–H groups in total. The van der Waals surface area contributed by atoms with Crippen LogP contribution >= 0.6 is 0 Å². The first-order valence-corrected chi connectivity index (χ1v) is 6.48. The number of nitrogens with zero attached hydrogens (tertiary/aromatic N) is 4. The monoisotopic (exact) mass is 273 g/mol. The average molecular weight is 273 g/mol. The number of nitrogens with one attached hydrogen (secondary N) is 1. The highest BCUT2D eigenvalue weighted by molar-refractivity contribution is 5.78. The zero-order valence-electron chi connectivity index (χ0n) is 11.9. The van der Waals surface area contributed by atoms with E-state index in [1.807, 2.05) is 38.2 Å². The summed E-state index contributed by atoms with van der Waals surface area (Å²) in [7, 11) is 3.58. The van der Waals surface area contributed by atoms with Crippen molar-refractivity contribution in [3.63, 3.8) is 0 Å². The van der Waals surface area contributed by atoms with Gasteiger partial charge in [0.1, 0.15) is 12.7 Å². The second kappa shape index (κ2) is 6.29. The van der Waals surface area contributed by atoms with Crippen molar-refractivity contribution in [2.24, 2.45) is 0 Å². The van der Waals surface area contributed by atoms with Gasteiger partial charge >= 0.3 is 0 Å². The molecule has 1 heterocycles. The van der Waals surface area contributed by atoms with Gasteiger partial charge in [-0.15, -0.1) is 0 Å². The molecule has 6 heteroatoms. The molecular weight excluding hydrogens is 254 g/mol. The fraction of sp³-hybridized carbons (Fsp3) is 0.357. The van der Waals surface area contributed by atoms with Gasteiger partial charge in [-0.25, -0.2) is 9.67 Å². The summed E-state index contributed by atoms with van der Waals surface area (Å²) in [5, 5.41) is 6.95. The smallest absolute Gasteiger partial charge is 0.236 e. The van der Waals surface area contributed by atoms with E-state index in [1.165, 1.54) is 6.33 Å². The van der Waals surface area contributed by atoms with Crippen LogP contribution in [-0.4, -0.2) is 46.2 Å². The Balaban J connectivity index is 2.11. The van der Waals surface area contributed by atoms with Gasteiger partial charge in [-0.3, -0.25) is 4.79 Å². The predicted octanol–water partition coefficient (Wildman–Crippen LogP) is 1.01. The van der Waals surface area contributed by atoms with Crippen LogP contribution < -0.4 is 5.32 Å². The van der Waals surface area contributed by atoms with Crippen molar-refractivity contribution in [3.05, 3.63) is 42.5 Å². The van der Waals surface area contributed by atoms with E-state index >= 15 is 0 Å². The molecule has 1 aromatic heterocycles. The number of carbonyl (C=O) groups excluding carboxylic acids is 1. The van der Waals surface area contributed by atoms with Gasteiger partial charge in [0.05, 0.1) is 18.3 Å². The molecule has 1 atom stereocenters. The van der Waals surface area contributed by atoms with E-state index in [0.717, 1.165) is 11.3 Å². The maximum absolute atomic E-state index is 11.9. The molecule has 0 aliphatic heterocycles. The van der Waals surface area contributed by atoms with Gasteiger partial charge in [0.15, 0.2) is 0 Å². The fourth-order valence-electron chi connectivity index (χ4n) is 1.96. The number of benzene rings is 1. The zero-order chi connectivity index (χ0) is 14.5. The second-order valence-corrected chi connectivity index (χ2v) is 4.64. The summed E-state index contributed by atoms with van der Waals surface area (Å²) >= 11 is 0. The maximum atomic E-state index is 11.9. The highest BCUT2D eigenvalue weighted by Gasteiger charge is 2.16. The van der Waals surface area contributed by atoms with Crippen LogP contribution in [0.25, 0.3) is 5.69 Å². The Hall–Kier alpha value is -2.21. The molecular formula is C14H19N5O. The predicted molar refractivity (Wildman–Crippen MR) is 76.5 cm³/mol. The topological polar surface area (TPSA) is 63.1 Å². The molecule has 1 amide bonds. The molecule has 0 bridgehead atoms. The summed E-state index contributed by atoms with van der Waals surface area (Å²) in [6.45, 7) is 2.36. The van der Waals surface area contributed by atoms with Crippen molar-refractivity contribution in [2.75, 3.05) is 20.6 Å². The van der Waals surface area contributed by atoms with Crippen molar-refractivity contribution in [1.29, 1.82) is 0 Å². The summed E-state index contributed by atoms with van der Waals surface area (Å²) in [6, 6.07) is 7.98. The van der Waals surface area contributed by atoms with E-state index in [-0.39, 0.29) is 11.9 Å². The van der Waals surface area contributed by atoms with Crippen LogP contribution in [0.1, 0.15) is 18.5 Å². The minimum absolute atomic E-state index is 0.0284. The molecule has 0 aliphatic rings. The summed E-state index contributed by atoms with van der Waals surface area (Å²) in [4.78, 5) is 17.5. The maximum Gasteiger partial charge on any atom is 0.236 e. The Morgan fingerprint density at radius 2 is 2.10 bits per heavy atom. The third-order valence-electron chi connectivity index (χ3n) is 3.36. The molecule has 0 aliphatic carbocycles. The van der Waals surface area contributed by atoms with E-state index in [1.54, 1.807) is 23.0 Å². The van der Waals surface area contributed by atoms with Gasteiger partial charge in [-0.1, -0.05) is 12.1 Å². The summed E-state index contributed by atoms with van der Waals surface area (Å²) in [6.07, 6.45) is 3.15. The summed E-state index contributed by atoms with van der Waals surface area (Å²) < 4.78 is 1.70. The zero-order valence-corrected chi connectivity index (χ0v) is 11.9.